The lowest BCUT2D eigenvalue weighted by molar-refractivity contribution is -0.120. The third kappa shape index (κ3) is 5.49. The molecule has 0 heterocycles. The molecule has 29 heavy (non-hydrogen) atoms. The lowest BCUT2D eigenvalue weighted by atomic mass is 9.90. The summed E-state index contributed by atoms with van der Waals surface area (Å²) in [5, 5.41) is 2.68. The number of thiocarbonyl (C=S) groups is 1. The van der Waals surface area contributed by atoms with E-state index in [-0.39, 0.29) is 16.9 Å². The molecule has 3 aromatic rings. The van der Waals surface area contributed by atoms with Crippen molar-refractivity contribution in [3.05, 3.63) is 107 Å². The van der Waals surface area contributed by atoms with Gasteiger partial charge in [-0.15, -0.1) is 0 Å². The van der Waals surface area contributed by atoms with Gasteiger partial charge in [0.15, 0.2) is 5.11 Å². The normalized spacial score (nSPS) is 10.3. The zero-order valence-corrected chi connectivity index (χ0v) is 16.7. The van der Waals surface area contributed by atoms with Crippen molar-refractivity contribution in [2.45, 2.75) is 12.8 Å². The molecule has 0 unspecified atom stereocenters. The zero-order valence-electron chi connectivity index (χ0n) is 15.9. The Morgan fingerprint density at radius 3 is 1.93 bits per heavy atom. The van der Waals surface area contributed by atoms with E-state index in [0.29, 0.717) is 5.56 Å². The smallest absolute Gasteiger partial charge is 0.269 e. The minimum Gasteiger partial charge on any atom is -0.301 e. The molecule has 146 valence electrons. The van der Waals surface area contributed by atoms with E-state index in [1.165, 1.54) is 0 Å². The topological polar surface area (TPSA) is 70.2 Å². The quantitative estimate of drug-likeness (QED) is 0.461. The van der Waals surface area contributed by atoms with Gasteiger partial charge in [-0.25, -0.2) is 0 Å². The Labute approximate surface area is 175 Å². The predicted molar refractivity (Wildman–Crippen MR) is 117 cm³/mol. The second kappa shape index (κ2) is 9.61. The number of hydrogen-bond donors (Lipinski definition) is 3. The van der Waals surface area contributed by atoms with Gasteiger partial charge in [-0.3, -0.25) is 20.4 Å². The average molecular weight is 404 g/mol. The molecule has 0 saturated carbocycles. The maximum Gasteiger partial charge on any atom is 0.269 e. The fraction of sp³-hybridized carbons (Fsp3) is 0.0870. The van der Waals surface area contributed by atoms with E-state index in [4.69, 9.17) is 12.2 Å². The third-order valence-electron chi connectivity index (χ3n) is 4.33. The average Bonchev–Trinajstić information content (AvgIpc) is 2.74. The Hall–Kier alpha value is -3.51. The van der Waals surface area contributed by atoms with Gasteiger partial charge >= 0.3 is 0 Å². The first kappa shape index (κ1) is 20.2. The van der Waals surface area contributed by atoms with E-state index in [1.807, 2.05) is 73.7 Å². The number of rotatable bonds is 4. The summed E-state index contributed by atoms with van der Waals surface area (Å²) in [7, 11) is 0. The summed E-state index contributed by atoms with van der Waals surface area (Å²) in [6, 6.07) is 26.1. The lowest BCUT2D eigenvalue weighted by Gasteiger charge is -2.19. The molecular formula is C23H21N3O2S. The van der Waals surface area contributed by atoms with Crippen molar-refractivity contribution >= 4 is 29.1 Å². The van der Waals surface area contributed by atoms with Crippen LogP contribution in [0.4, 0.5) is 0 Å². The first-order valence-corrected chi connectivity index (χ1v) is 9.53. The molecule has 3 rings (SSSR count). The molecule has 0 aromatic heterocycles. The molecule has 0 aliphatic heterocycles. The SMILES string of the molecule is Cc1cccc(C(=O)NNC(=S)NC(=O)C(c2ccccc2)c2ccccc2)c1. The summed E-state index contributed by atoms with van der Waals surface area (Å²) >= 11 is 5.19. The molecule has 0 aliphatic carbocycles. The van der Waals surface area contributed by atoms with Gasteiger partial charge in [0.05, 0.1) is 5.92 Å². The van der Waals surface area contributed by atoms with Gasteiger partial charge in [-0.2, -0.15) is 0 Å². The van der Waals surface area contributed by atoms with Gasteiger partial charge < -0.3 is 5.32 Å². The molecule has 2 amide bonds. The van der Waals surface area contributed by atoms with Crippen LogP contribution in [0.15, 0.2) is 84.9 Å². The fourth-order valence-electron chi connectivity index (χ4n) is 2.97. The summed E-state index contributed by atoms with van der Waals surface area (Å²) in [4.78, 5) is 25.2. The number of nitrogens with one attached hydrogen (secondary N) is 3. The number of carbonyl (C=O) groups excluding carboxylic acids is 2. The van der Waals surface area contributed by atoms with Gasteiger partial charge in [0.2, 0.25) is 5.91 Å². The fourth-order valence-corrected chi connectivity index (χ4v) is 3.13. The molecule has 0 atom stereocenters. The van der Waals surface area contributed by atoms with Crippen LogP contribution < -0.4 is 16.2 Å². The Kier molecular flexibility index (Phi) is 6.71. The monoisotopic (exact) mass is 403 g/mol. The van der Waals surface area contributed by atoms with Gasteiger partial charge in [-0.1, -0.05) is 78.4 Å². The molecule has 0 bridgehead atoms. The van der Waals surface area contributed by atoms with Crippen molar-refractivity contribution in [2.24, 2.45) is 0 Å². The summed E-state index contributed by atoms with van der Waals surface area (Å²) in [6.07, 6.45) is 0. The number of amides is 2. The van der Waals surface area contributed by atoms with E-state index in [0.717, 1.165) is 16.7 Å². The molecule has 6 heteroatoms. The first-order valence-electron chi connectivity index (χ1n) is 9.12. The highest BCUT2D eigenvalue weighted by atomic mass is 32.1. The van der Waals surface area contributed by atoms with Crippen molar-refractivity contribution in [1.82, 2.24) is 16.2 Å². The molecular weight excluding hydrogens is 382 g/mol. The summed E-state index contributed by atoms with van der Waals surface area (Å²) < 4.78 is 0. The van der Waals surface area contributed by atoms with Gasteiger partial charge in [0.25, 0.3) is 5.91 Å². The predicted octanol–water partition coefficient (Wildman–Crippen LogP) is 3.46. The molecule has 0 aliphatic rings. The standard InChI is InChI=1S/C23H21N3O2S/c1-16-9-8-14-19(15-16)21(27)25-26-23(29)24-22(28)20(17-10-4-2-5-11-17)18-12-6-3-7-13-18/h2-15,20H,1H3,(H,25,27)(H2,24,26,28,29). The molecule has 5 nitrogen and oxygen atoms in total. The van der Waals surface area contributed by atoms with E-state index in [1.54, 1.807) is 18.2 Å². The molecule has 3 aromatic carbocycles. The number of benzene rings is 3. The highest BCUT2D eigenvalue weighted by Crippen LogP contribution is 2.24. The maximum atomic E-state index is 13.0. The van der Waals surface area contributed by atoms with Crippen LogP contribution in [0.25, 0.3) is 0 Å². The van der Waals surface area contributed by atoms with Crippen LogP contribution in [0.5, 0.6) is 0 Å². The summed E-state index contributed by atoms with van der Waals surface area (Å²) in [5.41, 5.74) is 8.27. The van der Waals surface area contributed by atoms with Crippen molar-refractivity contribution in [3.8, 4) is 0 Å². The van der Waals surface area contributed by atoms with Gasteiger partial charge in [0, 0.05) is 5.56 Å². The highest BCUT2D eigenvalue weighted by Gasteiger charge is 2.23. The number of hydrazine groups is 1. The Morgan fingerprint density at radius 2 is 1.38 bits per heavy atom. The Morgan fingerprint density at radius 1 is 0.793 bits per heavy atom. The van der Waals surface area contributed by atoms with Gasteiger partial charge in [-0.05, 0) is 42.4 Å². The molecule has 0 spiro atoms. The maximum absolute atomic E-state index is 13.0. The van der Waals surface area contributed by atoms with E-state index in [2.05, 4.69) is 16.2 Å². The zero-order chi connectivity index (χ0) is 20.6. The minimum absolute atomic E-state index is 0.0212. The number of aryl methyl sites for hydroxylation is 1. The number of carbonyl (C=O) groups is 2. The highest BCUT2D eigenvalue weighted by molar-refractivity contribution is 7.80. The second-order valence-electron chi connectivity index (χ2n) is 6.52. The van der Waals surface area contributed by atoms with Crippen molar-refractivity contribution in [1.29, 1.82) is 0 Å². The molecule has 3 N–H and O–H groups in total. The Bertz CT molecular complexity index is 967. The number of hydrogen-bond acceptors (Lipinski definition) is 3. The first-order chi connectivity index (χ1) is 14.0. The summed E-state index contributed by atoms with van der Waals surface area (Å²) in [5.74, 6) is -1.15. The molecule has 0 radical (unpaired) electrons. The van der Waals surface area contributed by atoms with Crippen LogP contribution >= 0.6 is 12.2 Å². The lowest BCUT2D eigenvalue weighted by Crippen LogP contribution is -2.49. The van der Waals surface area contributed by atoms with Crippen LogP contribution in [0.2, 0.25) is 0 Å². The van der Waals surface area contributed by atoms with E-state index in [9.17, 15) is 9.59 Å². The minimum atomic E-state index is -0.523. The van der Waals surface area contributed by atoms with Crippen molar-refractivity contribution < 1.29 is 9.59 Å². The molecule has 0 fully saturated rings. The third-order valence-corrected chi connectivity index (χ3v) is 4.54. The summed E-state index contributed by atoms with van der Waals surface area (Å²) in [6.45, 7) is 1.91. The van der Waals surface area contributed by atoms with Crippen molar-refractivity contribution in [3.63, 3.8) is 0 Å². The van der Waals surface area contributed by atoms with Crippen LogP contribution in [-0.2, 0) is 4.79 Å². The largest absolute Gasteiger partial charge is 0.301 e. The van der Waals surface area contributed by atoms with Crippen molar-refractivity contribution in [2.75, 3.05) is 0 Å². The van der Waals surface area contributed by atoms with Crippen LogP contribution in [0.3, 0.4) is 0 Å². The van der Waals surface area contributed by atoms with E-state index < -0.39 is 5.92 Å². The second-order valence-corrected chi connectivity index (χ2v) is 6.93. The van der Waals surface area contributed by atoms with E-state index >= 15 is 0 Å². The Balaban J connectivity index is 1.66. The van der Waals surface area contributed by atoms with Crippen LogP contribution in [0, 0.1) is 6.92 Å². The van der Waals surface area contributed by atoms with Crippen LogP contribution in [0.1, 0.15) is 33.0 Å². The van der Waals surface area contributed by atoms with Crippen LogP contribution in [-0.4, -0.2) is 16.9 Å². The molecule has 0 saturated heterocycles. The van der Waals surface area contributed by atoms with Gasteiger partial charge in [0.1, 0.15) is 0 Å².